The van der Waals surface area contributed by atoms with Crippen LogP contribution in [0, 0.1) is 12.8 Å². The van der Waals surface area contributed by atoms with Crippen molar-refractivity contribution in [2.45, 2.75) is 39.5 Å². The number of carbonyl (C=O) groups is 2. The van der Waals surface area contributed by atoms with Crippen molar-refractivity contribution in [1.29, 1.82) is 0 Å². The van der Waals surface area contributed by atoms with Crippen molar-refractivity contribution in [1.82, 2.24) is 10.3 Å². The average Bonchev–Trinajstić information content (AvgIpc) is 2.74. The maximum absolute atomic E-state index is 12.7. The van der Waals surface area contributed by atoms with Crippen molar-refractivity contribution < 1.29 is 9.59 Å². The van der Waals surface area contributed by atoms with Gasteiger partial charge >= 0.3 is 0 Å². The molecule has 0 saturated carbocycles. The molecule has 1 aliphatic rings. The van der Waals surface area contributed by atoms with Crippen LogP contribution < -0.4 is 5.43 Å². The molecule has 5 heteroatoms. The molecule has 0 atom stereocenters. The summed E-state index contributed by atoms with van der Waals surface area (Å²) in [7, 11) is 0. The van der Waals surface area contributed by atoms with Crippen LogP contribution >= 0.6 is 0 Å². The third-order valence-corrected chi connectivity index (χ3v) is 5.52. The van der Waals surface area contributed by atoms with Gasteiger partial charge < -0.3 is 4.90 Å². The van der Waals surface area contributed by atoms with Gasteiger partial charge in [0, 0.05) is 24.6 Å². The first-order valence-electron chi connectivity index (χ1n) is 10.2. The Morgan fingerprint density at radius 3 is 2.34 bits per heavy atom. The van der Waals surface area contributed by atoms with E-state index in [9.17, 15) is 9.59 Å². The summed E-state index contributed by atoms with van der Waals surface area (Å²) in [5, 5.41) is 4.10. The van der Waals surface area contributed by atoms with Gasteiger partial charge in [-0.1, -0.05) is 56.3 Å². The van der Waals surface area contributed by atoms with Gasteiger partial charge in [0.15, 0.2) is 0 Å². The van der Waals surface area contributed by atoms with Crippen LogP contribution in [-0.2, 0) is 4.79 Å². The summed E-state index contributed by atoms with van der Waals surface area (Å²) in [6.45, 7) is 7.44. The standard InChI is InChI=1S/C24H29N3O2/c1-17(2)20-10-8-19(9-11-20)16-25-26-23(28)21-12-14-27(15-13-21)24(29)22-7-5-4-6-18(22)3/h4-11,16-17,21H,12-15H2,1-3H3,(H,26,28)/b25-16-. The lowest BCUT2D eigenvalue weighted by atomic mass is 9.95. The van der Waals surface area contributed by atoms with Gasteiger partial charge in [-0.15, -0.1) is 0 Å². The van der Waals surface area contributed by atoms with E-state index in [0.29, 0.717) is 31.8 Å². The fourth-order valence-corrected chi connectivity index (χ4v) is 3.56. The zero-order valence-corrected chi connectivity index (χ0v) is 17.4. The van der Waals surface area contributed by atoms with Crippen LogP contribution in [0.1, 0.15) is 59.7 Å². The van der Waals surface area contributed by atoms with E-state index in [1.54, 1.807) is 6.21 Å². The second-order valence-corrected chi connectivity index (χ2v) is 7.94. The van der Waals surface area contributed by atoms with E-state index in [0.717, 1.165) is 16.7 Å². The number of benzene rings is 2. The van der Waals surface area contributed by atoms with E-state index in [-0.39, 0.29) is 17.7 Å². The van der Waals surface area contributed by atoms with Crippen LogP contribution in [0.25, 0.3) is 0 Å². The number of piperidine rings is 1. The minimum atomic E-state index is -0.114. The first-order valence-corrected chi connectivity index (χ1v) is 10.2. The maximum atomic E-state index is 12.7. The van der Waals surface area contributed by atoms with Crippen molar-refractivity contribution in [3.05, 3.63) is 70.8 Å². The molecule has 0 spiro atoms. The zero-order chi connectivity index (χ0) is 20.8. The SMILES string of the molecule is Cc1ccccc1C(=O)N1CCC(C(=O)N/N=C\c2ccc(C(C)C)cc2)CC1. The number of nitrogens with zero attached hydrogens (tertiary/aromatic N) is 2. The molecule has 1 saturated heterocycles. The van der Waals surface area contributed by atoms with Gasteiger partial charge in [0.2, 0.25) is 5.91 Å². The number of likely N-dealkylation sites (tertiary alicyclic amines) is 1. The van der Waals surface area contributed by atoms with Gasteiger partial charge in [0.1, 0.15) is 0 Å². The molecular formula is C24H29N3O2. The molecule has 0 aliphatic carbocycles. The predicted octanol–water partition coefficient (Wildman–Crippen LogP) is 4.12. The highest BCUT2D eigenvalue weighted by atomic mass is 16.2. The van der Waals surface area contributed by atoms with Gasteiger partial charge in [-0.25, -0.2) is 5.43 Å². The summed E-state index contributed by atoms with van der Waals surface area (Å²) in [5.74, 6) is 0.341. The highest BCUT2D eigenvalue weighted by Gasteiger charge is 2.28. The molecule has 2 amide bonds. The monoisotopic (exact) mass is 391 g/mol. The summed E-state index contributed by atoms with van der Waals surface area (Å²) < 4.78 is 0. The molecule has 0 radical (unpaired) electrons. The Hall–Kier alpha value is -2.95. The average molecular weight is 392 g/mol. The van der Waals surface area contributed by atoms with Crippen molar-refractivity contribution in [3.63, 3.8) is 0 Å². The Morgan fingerprint density at radius 1 is 1.07 bits per heavy atom. The number of nitrogens with one attached hydrogen (secondary N) is 1. The molecule has 1 fully saturated rings. The van der Waals surface area contributed by atoms with E-state index in [1.165, 1.54) is 5.56 Å². The Bertz CT molecular complexity index is 879. The fourth-order valence-electron chi connectivity index (χ4n) is 3.56. The lowest BCUT2D eigenvalue weighted by molar-refractivity contribution is -0.126. The smallest absolute Gasteiger partial charge is 0.254 e. The molecule has 152 valence electrons. The van der Waals surface area contributed by atoms with Gasteiger partial charge in [-0.3, -0.25) is 9.59 Å². The molecule has 2 aromatic carbocycles. The Labute approximate surface area is 172 Å². The second-order valence-electron chi connectivity index (χ2n) is 7.94. The molecule has 3 rings (SSSR count). The minimum Gasteiger partial charge on any atom is -0.339 e. The highest BCUT2D eigenvalue weighted by Crippen LogP contribution is 2.20. The summed E-state index contributed by atoms with van der Waals surface area (Å²) in [6, 6.07) is 15.8. The second kappa shape index (κ2) is 9.50. The molecule has 1 N–H and O–H groups in total. The molecule has 0 bridgehead atoms. The van der Waals surface area contributed by atoms with Crippen LogP contribution in [0.3, 0.4) is 0 Å². The van der Waals surface area contributed by atoms with Gasteiger partial charge in [-0.05, 0) is 48.4 Å². The number of aryl methyl sites for hydroxylation is 1. The van der Waals surface area contributed by atoms with Crippen LogP contribution in [0.5, 0.6) is 0 Å². The van der Waals surface area contributed by atoms with Crippen LogP contribution in [0.2, 0.25) is 0 Å². The zero-order valence-electron chi connectivity index (χ0n) is 17.4. The van der Waals surface area contributed by atoms with Gasteiger partial charge in [0.25, 0.3) is 5.91 Å². The number of hydrogen-bond acceptors (Lipinski definition) is 3. The summed E-state index contributed by atoms with van der Waals surface area (Å²) in [6.07, 6.45) is 2.98. The Kier molecular flexibility index (Phi) is 6.81. The first-order chi connectivity index (χ1) is 14.0. The molecular weight excluding hydrogens is 362 g/mol. The number of rotatable bonds is 5. The number of hydrogen-bond donors (Lipinski definition) is 1. The topological polar surface area (TPSA) is 61.8 Å². The van der Waals surface area contributed by atoms with E-state index in [2.05, 4.69) is 36.5 Å². The van der Waals surface area contributed by atoms with E-state index < -0.39 is 0 Å². The maximum Gasteiger partial charge on any atom is 0.254 e. The van der Waals surface area contributed by atoms with Crippen molar-refractivity contribution >= 4 is 18.0 Å². The van der Waals surface area contributed by atoms with Crippen molar-refractivity contribution in [3.8, 4) is 0 Å². The molecule has 2 aromatic rings. The van der Waals surface area contributed by atoms with Gasteiger partial charge in [-0.2, -0.15) is 5.10 Å². The lowest BCUT2D eigenvalue weighted by Crippen LogP contribution is -2.42. The third-order valence-electron chi connectivity index (χ3n) is 5.52. The van der Waals surface area contributed by atoms with Crippen LogP contribution in [-0.4, -0.2) is 36.0 Å². The Morgan fingerprint density at radius 2 is 1.72 bits per heavy atom. The van der Waals surface area contributed by atoms with E-state index >= 15 is 0 Å². The summed E-state index contributed by atoms with van der Waals surface area (Å²) in [4.78, 5) is 26.9. The molecule has 1 aliphatic heterocycles. The first kappa shape index (κ1) is 20.8. The normalized spacial score (nSPS) is 15.1. The number of hydrazone groups is 1. The molecule has 29 heavy (non-hydrogen) atoms. The minimum absolute atomic E-state index is 0.0461. The third kappa shape index (κ3) is 5.31. The Balaban J connectivity index is 1.48. The lowest BCUT2D eigenvalue weighted by Gasteiger charge is -2.31. The highest BCUT2D eigenvalue weighted by molar-refractivity contribution is 5.95. The largest absolute Gasteiger partial charge is 0.339 e. The van der Waals surface area contributed by atoms with Crippen molar-refractivity contribution in [2.75, 3.05) is 13.1 Å². The quantitative estimate of drug-likeness (QED) is 0.616. The summed E-state index contributed by atoms with van der Waals surface area (Å²) >= 11 is 0. The molecule has 0 aromatic heterocycles. The van der Waals surface area contributed by atoms with Gasteiger partial charge in [0.05, 0.1) is 6.21 Å². The van der Waals surface area contributed by atoms with Crippen LogP contribution in [0.15, 0.2) is 53.6 Å². The fraction of sp³-hybridized carbons (Fsp3) is 0.375. The van der Waals surface area contributed by atoms with Crippen LogP contribution in [0.4, 0.5) is 0 Å². The number of amides is 2. The van der Waals surface area contributed by atoms with E-state index in [1.807, 2.05) is 48.2 Å². The number of carbonyl (C=O) groups excluding carboxylic acids is 2. The molecule has 0 unspecified atom stereocenters. The molecule has 5 nitrogen and oxygen atoms in total. The van der Waals surface area contributed by atoms with E-state index in [4.69, 9.17) is 0 Å². The summed E-state index contributed by atoms with van der Waals surface area (Å²) in [5.41, 5.74) is 6.60. The molecule has 1 heterocycles. The predicted molar refractivity (Wildman–Crippen MR) is 116 cm³/mol. The van der Waals surface area contributed by atoms with Crippen molar-refractivity contribution in [2.24, 2.45) is 11.0 Å².